The largest absolute Gasteiger partial charge is 0.508 e. The van der Waals surface area contributed by atoms with Gasteiger partial charge in [-0.15, -0.1) is 0 Å². The lowest BCUT2D eigenvalue weighted by atomic mass is 10.1. The van der Waals surface area contributed by atoms with Crippen LogP contribution in [0.15, 0.2) is 51.7 Å². The van der Waals surface area contributed by atoms with Crippen molar-refractivity contribution >= 4 is 16.9 Å². The Hall–Kier alpha value is -3.15. The van der Waals surface area contributed by atoms with Gasteiger partial charge < -0.3 is 14.3 Å². The second kappa shape index (κ2) is 6.76. The SMILES string of the molecule is Cc1c(O)ccc2c(COC(=O)Cc3ccc(F)cc3)cc(=O)oc12. The van der Waals surface area contributed by atoms with Crippen molar-refractivity contribution in [1.29, 1.82) is 0 Å². The Bertz CT molecular complexity index is 989. The van der Waals surface area contributed by atoms with Crippen LogP contribution < -0.4 is 5.63 Å². The molecule has 0 saturated heterocycles. The maximum Gasteiger partial charge on any atom is 0.336 e. The highest BCUT2D eigenvalue weighted by Gasteiger charge is 2.13. The van der Waals surface area contributed by atoms with Crippen LogP contribution in [0, 0.1) is 12.7 Å². The summed E-state index contributed by atoms with van der Waals surface area (Å²) in [6.07, 6.45) is -0.000527. The van der Waals surface area contributed by atoms with Crippen molar-refractivity contribution in [2.45, 2.75) is 20.0 Å². The summed E-state index contributed by atoms with van der Waals surface area (Å²) in [7, 11) is 0. The fourth-order valence-electron chi connectivity index (χ4n) is 2.51. The Labute approximate surface area is 142 Å². The third kappa shape index (κ3) is 3.68. The lowest BCUT2D eigenvalue weighted by molar-refractivity contribution is -0.144. The molecule has 0 amide bonds. The molecule has 0 atom stereocenters. The molecule has 5 nitrogen and oxygen atoms in total. The minimum Gasteiger partial charge on any atom is -0.508 e. The monoisotopic (exact) mass is 342 g/mol. The molecule has 6 heteroatoms. The molecule has 0 radical (unpaired) electrons. The van der Waals surface area contributed by atoms with Gasteiger partial charge in [-0.25, -0.2) is 9.18 Å². The molecule has 0 aliphatic heterocycles. The third-order valence-corrected chi connectivity index (χ3v) is 3.87. The summed E-state index contributed by atoms with van der Waals surface area (Å²) in [6, 6.07) is 9.90. The lowest BCUT2D eigenvalue weighted by Crippen LogP contribution is -2.10. The van der Waals surface area contributed by atoms with E-state index in [9.17, 15) is 19.1 Å². The highest BCUT2D eigenvalue weighted by atomic mass is 19.1. The average Bonchev–Trinajstić information content (AvgIpc) is 2.58. The van der Waals surface area contributed by atoms with E-state index in [-0.39, 0.29) is 30.2 Å². The molecule has 0 bridgehead atoms. The number of rotatable bonds is 4. The molecule has 3 rings (SSSR count). The van der Waals surface area contributed by atoms with Gasteiger partial charge in [-0.05, 0) is 36.8 Å². The summed E-state index contributed by atoms with van der Waals surface area (Å²) >= 11 is 0. The number of carbonyl (C=O) groups is 1. The zero-order valence-electron chi connectivity index (χ0n) is 13.4. The van der Waals surface area contributed by atoms with Gasteiger partial charge in [0.2, 0.25) is 0 Å². The van der Waals surface area contributed by atoms with Crippen LogP contribution in [0.25, 0.3) is 11.0 Å². The third-order valence-electron chi connectivity index (χ3n) is 3.87. The van der Waals surface area contributed by atoms with Crippen molar-refractivity contribution in [3.8, 4) is 5.75 Å². The predicted molar refractivity (Wildman–Crippen MR) is 88.8 cm³/mol. The summed E-state index contributed by atoms with van der Waals surface area (Å²) < 4.78 is 23.2. The first-order chi connectivity index (χ1) is 11.9. The van der Waals surface area contributed by atoms with Gasteiger partial charge in [0, 0.05) is 22.6 Å². The normalized spacial score (nSPS) is 10.8. The number of esters is 1. The molecule has 3 aromatic rings. The number of benzene rings is 2. The highest BCUT2D eigenvalue weighted by molar-refractivity contribution is 5.85. The van der Waals surface area contributed by atoms with Crippen molar-refractivity contribution in [2.24, 2.45) is 0 Å². The van der Waals surface area contributed by atoms with Crippen LogP contribution in [-0.4, -0.2) is 11.1 Å². The van der Waals surface area contributed by atoms with Gasteiger partial charge in [0.1, 0.15) is 23.8 Å². The Kier molecular flexibility index (Phi) is 4.52. The van der Waals surface area contributed by atoms with Crippen molar-refractivity contribution < 1.29 is 23.4 Å². The molecule has 0 fully saturated rings. The fourth-order valence-corrected chi connectivity index (χ4v) is 2.51. The Morgan fingerprint density at radius 2 is 1.92 bits per heavy atom. The number of hydrogen-bond donors (Lipinski definition) is 1. The molecule has 1 aromatic heterocycles. The first-order valence-corrected chi connectivity index (χ1v) is 7.59. The van der Waals surface area contributed by atoms with Crippen LogP contribution >= 0.6 is 0 Å². The quantitative estimate of drug-likeness (QED) is 0.582. The first-order valence-electron chi connectivity index (χ1n) is 7.59. The van der Waals surface area contributed by atoms with Gasteiger partial charge >= 0.3 is 11.6 Å². The summed E-state index contributed by atoms with van der Waals surface area (Å²) in [4.78, 5) is 23.7. The zero-order valence-corrected chi connectivity index (χ0v) is 13.4. The van der Waals surface area contributed by atoms with Crippen molar-refractivity contribution in [1.82, 2.24) is 0 Å². The van der Waals surface area contributed by atoms with Gasteiger partial charge in [0.25, 0.3) is 0 Å². The summed E-state index contributed by atoms with van der Waals surface area (Å²) in [5, 5.41) is 10.3. The van der Waals surface area contributed by atoms with Gasteiger partial charge in [-0.2, -0.15) is 0 Å². The van der Waals surface area contributed by atoms with E-state index >= 15 is 0 Å². The van der Waals surface area contributed by atoms with E-state index in [0.29, 0.717) is 22.1 Å². The first kappa shape index (κ1) is 16.7. The molecule has 0 saturated carbocycles. The number of hydrogen-bond acceptors (Lipinski definition) is 5. The number of aromatic hydroxyl groups is 1. The van der Waals surface area contributed by atoms with Crippen LogP contribution in [-0.2, 0) is 22.6 Å². The summed E-state index contributed by atoms with van der Waals surface area (Å²) in [6.45, 7) is 1.53. The van der Waals surface area contributed by atoms with Crippen LogP contribution in [0.3, 0.4) is 0 Å². The van der Waals surface area contributed by atoms with E-state index in [4.69, 9.17) is 9.15 Å². The number of phenols is 1. The van der Waals surface area contributed by atoms with Gasteiger partial charge in [0.05, 0.1) is 6.42 Å². The van der Waals surface area contributed by atoms with Crippen molar-refractivity contribution in [3.63, 3.8) is 0 Å². The minimum atomic E-state index is -0.592. The Morgan fingerprint density at radius 3 is 2.64 bits per heavy atom. The second-order valence-electron chi connectivity index (χ2n) is 5.64. The topological polar surface area (TPSA) is 76.7 Å². The predicted octanol–water partition coefficient (Wildman–Crippen LogP) is 3.23. The van der Waals surface area contributed by atoms with Crippen LogP contribution in [0.4, 0.5) is 4.39 Å². The van der Waals surface area contributed by atoms with Crippen molar-refractivity contribution in [2.75, 3.05) is 0 Å². The molecule has 1 N–H and O–H groups in total. The molecule has 25 heavy (non-hydrogen) atoms. The highest BCUT2D eigenvalue weighted by Crippen LogP contribution is 2.27. The standard InChI is InChI=1S/C19H15FO5/c1-11-16(21)7-6-15-13(9-18(23)25-19(11)15)10-24-17(22)8-12-2-4-14(20)5-3-12/h2-7,9,21H,8,10H2,1H3. The van der Waals surface area contributed by atoms with Gasteiger partial charge in [-0.3, -0.25) is 4.79 Å². The number of halogens is 1. The van der Waals surface area contributed by atoms with Crippen LogP contribution in [0.2, 0.25) is 0 Å². The van der Waals surface area contributed by atoms with E-state index < -0.39 is 11.6 Å². The Balaban J connectivity index is 1.79. The van der Waals surface area contributed by atoms with Gasteiger partial charge in [0.15, 0.2) is 0 Å². The molecule has 0 unspecified atom stereocenters. The summed E-state index contributed by atoms with van der Waals surface area (Å²) in [5.41, 5.74) is 1.23. The van der Waals surface area contributed by atoms with E-state index in [2.05, 4.69) is 0 Å². The second-order valence-corrected chi connectivity index (χ2v) is 5.64. The van der Waals surface area contributed by atoms with E-state index in [1.165, 1.54) is 36.4 Å². The zero-order chi connectivity index (χ0) is 18.0. The molecular formula is C19H15FO5. The van der Waals surface area contributed by atoms with E-state index in [1.54, 1.807) is 13.0 Å². The number of fused-ring (bicyclic) bond motifs is 1. The summed E-state index contributed by atoms with van der Waals surface area (Å²) in [5.74, 6) is -0.858. The number of aryl methyl sites for hydroxylation is 1. The lowest BCUT2D eigenvalue weighted by Gasteiger charge is -2.09. The molecule has 0 spiro atoms. The smallest absolute Gasteiger partial charge is 0.336 e. The molecule has 2 aromatic carbocycles. The molecular weight excluding hydrogens is 327 g/mol. The van der Waals surface area contributed by atoms with E-state index in [1.807, 2.05) is 0 Å². The molecule has 1 heterocycles. The fraction of sp³-hybridized carbons (Fsp3) is 0.158. The number of phenolic OH excluding ortho intramolecular Hbond substituents is 1. The van der Waals surface area contributed by atoms with Crippen molar-refractivity contribution in [3.05, 3.63) is 75.4 Å². The Morgan fingerprint density at radius 1 is 1.20 bits per heavy atom. The van der Waals surface area contributed by atoms with Crippen LogP contribution in [0.5, 0.6) is 5.75 Å². The maximum absolute atomic E-state index is 12.9. The average molecular weight is 342 g/mol. The van der Waals surface area contributed by atoms with Gasteiger partial charge in [-0.1, -0.05) is 12.1 Å². The molecule has 0 aliphatic carbocycles. The van der Waals surface area contributed by atoms with Crippen LogP contribution in [0.1, 0.15) is 16.7 Å². The molecule has 0 aliphatic rings. The van der Waals surface area contributed by atoms with E-state index in [0.717, 1.165) is 0 Å². The minimum absolute atomic E-state index is 0.000527. The number of ether oxygens (including phenoxy) is 1. The number of carbonyl (C=O) groups excluding carboxylic acids is 1. The molecule has 128 valence electrons. The maximum atomic E-state index is 12.9.